The van der Waals surface area contributed by atoms with Gasteiger partial charge in [0, 0.05) is 30.9 Å². The van der Waals surface area contributed by atoms with Crippen molar-refractivity contribution in [1.29, 1.82) is 0 Å². The molecule has 0 radical (unpaired) electrons. The molecule has 3 nitrogen and oxygen atoms in total. The number of nitrogens with one attached hydrogen (secondary N) is 1. The molecule has 0 aromatic heterocycles. The normalized spacial score (nSPS) is 15.7. The summed E-state index contributed by atoms with van der Waals surface area (Å²) in [7, 11) is 2.13. The zero-order valence-corrected chi connectivity index (χ0v) is 11.3. The number of nitrogens with zero attached hydrogens (tertiary/aromatic N) is 1. The van der Waals surface area contributed by atoms with Gasteiger partial charge in [-0.15, -0.1) is 0 Å². The molecule has 18 heavy (non-hydrogen) atoms. The molecule has 3 heteroatoms. The highest BCUT2D eigenvalue weighted by Crippen LogP contribution is 2.27. The molecule has 0 bridgehead atoms. The van der Waals surface area contributed by atoms with Crippen LogP contribution in [0.25, 0.3) is 0 Å². The van der Waals surface area contributed by atoms with E-state index in [0.29, 0.717) is 12.6 Å². The Morgan fingerprint density at radius 3 is 2.78 bits per heavy atom. The van der Waals surface area contributed by atoms with E-state index in [2.05, 4.69) is 23.3 Å². The van der Waals surface area contributed by atoms with E-state index in [1.54, 1.807) is 0 Å². The number of anilines is 1. The van der Waals surface area contributed by atoms with Gasteiger partial charge >= 0.3 is 0 Å². The smallest absolute Gasteiger partial charge is 0.251 e. The van der Waals surface area contributed by atoms with E-state index in [4.69, 9.17) is 0 Å². The van der Waals surface area contributed by atoms with Crippen molar-refractivity contribution < 1.29 is 4.79 Å². The first-order valence-corrected chi connectivity index (χ1v) is 6.83. The van der Waals surface area contributed by atoms with Crippen LogP contribution in [-0.4, -0.2) is 25.5 Å². The molecule has 0 unspecified atom stereocenters. The van der Waals surface area contributed by atoms with Crippen molar-refractivity contribution >= 4 is 11.6 Å². The van der Waals surface area contributed by atoms with Crippen LogP contribution in [0.5, 0.6) is 0 Å². The molecular formula is C15H22N2O. The van der Waals surface area contributed by atoms with Gasteiger partial charge in [-0.05, 0) is 38.0 Å². The lowest BCUT2D eigenvalue weighted by molar-refractivity contribution is 0.0956. The Kier molecular flexibility index (Phi) is 4.24. The third-order valence-corrected chi connectivity index (χ3v) is 3.73. The largest absolute Gasteiger partial charge is 0.372 e. The minimum absolute atomic E-state index is 0.0131. The fourth-order valence-corrected chi connectivity index (χ4v) is 2.63. The maximum absolute atomic E-state index is 11.8. The zero-order chi connectivity index (χ0) is 13.0. The highest BCUT2D eigenvalue weighted by atomic mass is 16.1. The van der Waals surface area contributed by atoms with Crippen LogP contribution >= 0.6 is 0 Å². The first-order chi connectivity index (χ1) is 8.72. The van der Waals surface area contributed by atoms with Crippen molar-refractivity contribution in [3.05, 3.63) is 29.8 Å². The Hall–Kier alpha value is -1.51. The predicted octanol–water partition coefficient (Wildman–Crippen LogP) is 2.82. The molecule has 1 fully saturated rings. The van der Waals surface area contributed by atoms with E-state index in [9.17, 15) is 4.79 Å². The molecule has 1 amide bonds. The second kappa shape index (κ2) is 5.89. The van der Waals surface area contributed by atoms with Gasteiger partial charge in [-0.25, -0.2) is 0 Å². The van der Waals surface area contributed by atoms with Crippen molar-refractivity contribution in [2.45, 2.75) is 38.6 Å². The molecule has 0 heterocycles. The number of benzene rings is 1. The van der Waals surface area contributed by atoms with Gasteiger partial charge < -0.3 is 10.2 Å². The maximum Gasteiger partial charge on any atom is 0.251 e. The summed E-state index contributed by atoms with van der Waals surface area (Å²) in [4.78, 5) is 14.1. The van der Waals surface area contributed by atoms with Crippen molar-refractivity contribution in [1.82, 2.24) is 5.32 Å². The van der Waals surface area contributed by atoms with E-state index in [1.165, 1.54) is 25.7 Å². The number of hydrogen-bond donors (Lipinski definition) is 1. The van der Waals surface area contributed by atoms with Crippen LogP contribution in [0.15, 0.2) is 24.3 Å². The van der Waals surface area contributed by atoms with Crippen molar-refractivity contribution in [3.63, 3.8) is 0 Å². The summed E-state index contributed by atoms with van der Waals surface area (Å²) in [5.41, 5.74) is 1.89. The first-order valence-electron chi connectivity index (χ1n) is 6.83. The second-order valence-corrected chi connectivity index (χ2v) is 4.96. The molecule has 1 aromatic carbocycles. The lowest BCUT2D eigenvalue weighted by atomic mass is 10.1. The Balaban J connectivity index is 2.13. The van der Waals surface area contributed by atoms with Crippen LogP contribution < -0.4 is 10.2 Å². The monoisotopic (exact) mass is 246 g/mol. The average Bonchev–Trinajstić information content (AvgIpc) is 2.92. The molecule has 1 saturated carbocycles. The molecule has 1 N–H and O–H groups in total. The Bertz CT molecular complexity index is 411. The molecule has 0 saturated heterocycles. The standard InChI is InChI=1S/C15H22N2O/c1-3-16-15(18)12-7-6-10-14(11-12)17(2)13-8-4-5-9-13/h6-7,10-11,13H,3-5,8-9H2,1-2H3,(H,16,18). The molecule has 0 atom stereocenters. The van der Waals surface area contributed by atoms with Crippen molar-refractivity contribution in [2.75, 3.05) is 18.5 Å². The van der Waals surface area contributed by atoms with E-state index in [1.807, 2.05) is 25.1 Å². The molecule has 2 rings (SSSR count). The minimum atomic E-state index is 0.0131. The number of rotatable bonds is 4. The van der Waals surface area contributed by atoms with E-state index >= 15 is 0 Å². The van der Waals surface area contributed by atoms with Crippen LogP contribution in [0.4, 0.5) is 5.69 Å². The van der Waals surface area contributed by atoms with Crippen molar-refractivity contribution in [3.8, 4) is 0 Å². The molecule has 1 aliphatic carbocycles. The minimum Gasteiger partial charge on any atom is -0.372 e. The van der Waals surface area contributed by atoms with Gasteiger partial charge in [-0.2, -0.15) is 0 Å². The van der Waals surface area contributed by atoms with E-state index < -0.39 is 0 Å². The molecule has 0 aliphatic heterocycles. The maximum atomic E-state index is 11.8. The lowest BCUT2D eigenvalue weighted by Gasteiger charge is -2.26. The highest BCUT2D eigenvalue weighted by molar-refractivity contribution is 5.95. The number of hydrogen-bond acceptors (Lipinski definition) is 2. The molecule has 98 valence electrons. The second-order valence-electron chi connectivity index (χ2n) is 4.96. The van der Waals surface area contributed by atoms with Gasteiger partial charge in [0.05, 0.1) is 0 Å². The fraction of sp³-hybridized carbons (Fsp3) is 0.533. The highest BCUT2D eigenvalue weighted by Gasteiger charge is 2.20. The summed E-state index contributed by atoms with van der Waals surface area (Å²) in [5.74, 6) is 0.0131. The topological polar surface area (TPSA) is 32.3 Å². The zero-order valence-electron chi connectivity index (χ0n) is 11.3. The van der Waals surface area contributed by atoms with Gasteiger partial charge in [0.25, 0.3) is 5.91 Å². The SMILES string of the molecule is CCNC(=O)c1cccc(N(C)C2CCCC2)c1. The molecule has 0 spiro atoms. The van der Waals surface area contributed by atoms with Gasteiger partial charge in [-0.1, -0.05) is 18.9 Å². The summed E-state index contributed by atoms with van der Waals surface area (Å²) in [6.45, 7) is 2.61. The van der Waals surface area contributed by atoms with Gasteiger partial charge in [-0.3, -0.25) is 4.79 Å². The summed E-state index contributed by atoms with van der Waals surface area (Å²) in [6, 6.07) is 8.54. The van der Waals surface area contributed by atoms with Crippen molar-refractivity contribution in [2.24, 2.45) is 0 Å². The summed E-state index contributed by atoms with van der Waals surface area (Å²) >= 11 is 0. The van der Waals surface area contributed by atoms with Crippen LogP contribution in [-0.2, 0) is 0 Å². The number of amides is 1. The quantitative estimate of drug-likeness (QED) is 0.886. The number of carbonyl (C=O) groups is 1. The van der Waals surface area contributed by atoms with Gasteiger partial charge in [0.2, 0.25) is 0 Å². The molecule has 1 aromatic rings. The van der Waals surface area contributed by atoms with Gasteiger partial charge in [0.15, 0.2) is 0 Å². The Labute approximate surface area is 109 Å². The van der Waals surface area contributed by atoms with E-state index in [-0.39, 0.29) is 5.91 Å². The Morgan fingerprint density at radius 1 is 1.39 bits per heavy atom. The van der Waals surface area contributed by atoms with Crippen LogP contribution in [0.2, 0.25) is 0 Å². The molecular weight excluding hydrogens is 224 g/mol. The lowest BCUT2D eigenvalue weighted by Crippen LogP contribution is -2.29. The third kappa shape index (κ3) is 2.84. The Morgan fingerprint density at radius 2 is 2.11 bits per heavy atom. The van der Waals surface area contributed by atoms with Gasteiger partial charge in [0.1, 0.15) is 0 Å². The third-order valence-electron chi connectivity index (χ3n) is 3.73. The predicted molar refractivity (Wildman–Crippen MR) is 75.1 cm³/mol. The van der Waals surface area contributed by atoms with Crippen LogP contribution in [0, 0.1) is 0 Å². The summed E-state index contributed by atoms with van der Waals surface area (Å²) < 4.78 is 0. The molecule has 1 aliphatic rings. The van der Waals surface area contributed by atoms with Crippen LogP contribution in [0.3, 0.4) is 0 Å². The fourth-order valence-electron chi connectivity index (χ4n) is 2.63. The summed E-state index contributed by atoms with van der Waals surface area (Å²) in [6.07, 6.45) is 5.18. The van der Waals surface area contributed by atoms with Crippen LogP contribution in [0.1, 0.15) is 43.0 Å². The number of carbonyl (C=O) groups excluding carboxylic acids is 1. The summed E-state index contributed by atoms with van der Waals surface area (Å²) in [5, 5.41) is 2.84. The first kappa shape index (κ1) is 12.9. The van der Waals surface area contributed by atoms with E-state index in [0.717, 1.165) is 11.3 Å². The average molecular weight is 246 g/mol.